The van der Waals surface area contributed by atoms with Crippen molar-refractivity contribution < 1.29 is 0 Å². The highest BCUT2D eigenvalue weighted by atomic mass is 79.9. The van der Waals surface area contributed by atoms with Crippen molar-refractivity contribution in [1.29, 1.82) is 0 Å². The number of nitrogens with one attached hydrogen (secondary N) is 1. The zero-order valence-electron chi connectivity index (χ0n) is 6.96. The fourth-order valence-corrected chi connectivity index (χ4v) is 2.30. The van der Waals surface area contributed by atoms with Crippen LogP contribution in [0.25, 0.3) is 0 Å². The van der Waals surface area contributed by atoms with Crippen LogP contribution < -0.4 is 5.32 Å². The summed E-state index contributed by atoms with van der Waals surface area (Å²) in [5.74, 6) is 0. The number of hydrogen-bond donors (Lipinski definition) is 1. The van der Waals surface area contributed by atoms with Gasteiger partial charge in [-0.3, -0.25) is 0 Å². The third-order valence-corrected chi connectivity index (χ3v) is 3.07. The Morgan fingerprint density at radius 1 is 1.58 bits per heavy atom. The summed E-state index contributed by atoms with van der Waals surface area (Å²) in [6.45, 7) is 2.28. The molecule has 1 atom stereocenters. The molecule has 0 bridgehead atoms. The van der Waals surface area contributed by atoms with Crippen LogP contribution >= 0.6 is 15.9 Å². The molecule has 0 aliphatic carbocycles. The standard InChI is InChI=1S/C9H13BrN2/c10-9-4-2-6-12(9)8-3-1-5-11-7-8/h2,4,6,8,11H,1,3,5,7H2. The third-order valence-electron chi connectivity index (χ3n) is 2.39. The summed E-state index contributed by atoms with van der Waals surface area (Å²) in [6.07, 6.45) is 4.72. The monoisotopic (exact) mass is 228 g/mol. The molecule has 1 N–H and O–H groups in total. The molecule has 2 heterocycles. The van der Waals surface area contributed by atoms with E-state index in [0.29, 0.717) is 6.04 Å². The quantitative estimate of drug-likeness (QED) is 0.780. The van der Waals surface area contributed by atoms with Crippen LogP contribution in [0.5, 0.6) is 0 Å². The topological polar surface area (TPSA) is 17.0 Å². The molecular formula is C9H13BrN2. The summed E-state index contributed by atoms with van der Waals surface area (Å²) in [6, 6.07) is 4.82. The van der Waals surface area contributed by atoms with Gasteiger partial charge in [-0.1, -0.05) is 0 Å². The SMILES string of the molecule is Brc1cccn1C1CCCNC1. The lowest BCUT2D eigenvalue weighted by Gasteiger charge is -2.25. The molecule has 0 amide bonds. The van der Waals surface area contributed by atoms with E-state index in [4.69, 9.17) is 0 Å². The van der Waals surface area contributed by atoms with Crippen LogP contribution in [0.4, 0.5) is 0 Å². The molecule has 1 fully saturated rings. The van der Waals surface area contributed by atoms with Gasteiger partial charge in [0, 0.05) is 18.8 Å². The van der Waals surface area contributed by atoms with Gasteiger partial charge in [-0.25, -0.2) is 0 Å². The minimum atomic E-state index is 0.642. The molecule has 1 aliphatic rings. The fourth-order valence-electron chi connectivity index (χ4n) is 1.74. The Morgan fingerprint density at radius 3 is 3.08 bits per heavy atom. The maximum Gasteiger partial charge on any atom is 0.0849 e. The van der Waals surface area contributed by atoms with Crippen molar-refractivity contribution >= 4 is 15.9 Å². The van der Waals surface area contributed by atoms with E-state index in [0.717, 1.165) is 6.54 Å². The van der Waals surface area contributed by atoms with Gasteiger partial charge in [-0.05, 0) is 47.4 Å². The Balaban J connectivity index is 2.13. The molecule has 12 heavy (non-hydrogen) atoms. The molecule has 0 spiro atoms. The van der Waals surface area contributed by atoms with Crippen LogP contribution in [0.1, 0.15) is 18.9 Å². The molecule has 1 saturated heterocycles. The first-order valence-corrected chi connectivity index (χ1v) is 5.20. The average Bonchev–Trinajstić information content (AvgIpc) is 2.53. The van der Waals surface area contributed by atoms with Gasteiger partial charge in [0.15, 0.2) is 0 Å². The van der Waals surface area contributed by atoms with Crippen molar-refractivity contribution in [1.82, 2.24) is 9.88 Å². The first kappa shape index (κ1) is 8.32. The summed E-state index contributed by atoms with van der Waals surface area (Å²) in [4.78, 5) is 0. The van der Waals surface area contributed by atoms with Gasteiger partial charge in [-0.15, -0.1) is 0 Å². The van der Waals surface area contributed by atoms with Crippen molar-refractivity contribution in [3.8, 4) is 0 Å². The maximum atomic E-state index is 3.54. The minimum Gasteiger partial charge on any atom is -0.338 e. The number of piperidine rings is 1. The lowest BCUT2D eigenvalue weighted by molar-refractivity contribution is 0.368. The summed E-state index contributed by atoms with van der Waals surface area (Å²) < 4.78 is 3.49. The zero-order chi connectivity index (χ0) is 8.39. The van der Waals surface area contributed by atoms with Crippen LogP contribution in [0.3, 0.4) is 0 Å². The number of halogens is 1. The predicted octanol–water partition coefficient (Wildman–Crippen LogP) is 2.18. The van der Waals surface area contributed by atoms with Gasteiger partial charge >= 0.3 is 0 Å². The zero-order valence-corrected chi connectivity index (χ0v) is 8.55. The third kappa shape index (κ3) is 1.57. The van der Waals surface area contributed by atoms with Gasteiger partial charge < -0.3 is 9.88 Å². The Labute approximate surface area is 81.1 Å². The van der Waals surface area contributed by atoms with Crippen molar-refractivity contribution in [3.05, 3.63) is 22.9 Å². The van der Waals surface area contributed by atoms with Crippen LogP contribution in [0, 0.1) is 0 Å². The highest BCUT2D eigenvalue weighted by Gasteiger charge is 2.15. The number of nitrogens with zero attached hydrogens (tertiary/aromatic N) is 1. The molecule has 1 aromatic heterocycles. The van der Waals surface area contributed by atoms with Crippen LogP contribution in [-0.4, -0.2) is 17.7 Å². The highest BCUT2D eigenvalue weighted by molar-refractivity contribution is 9.10. The van der Waals surface area contributed by atoms with E-state index in [2.05, 4.69) is 44.1 Å². The van der Waals surface area contributed by atoms with Crippen molar-refractivity contribution in [2.45, 2.75) is 18.9 Å². The lowest BCUT2D eigenvalue weighted by atomic mass is 10.1. The molecule has 2 nitrogen and oxygen atoms in total. The molecule has 3 heteroatoms. The first-order valence-electron chi connectivity index (χ1n) is 4.41. The lowest BCUT2D eigenvalue weighted by Crippen LogP contribution is -2.31. The van der Waals surface area contributed by atoms with Gasteiger partial charge in [0.25, 0.3) is 0 Å². The molecule has 0 aromatic carbocycles. The molecule has 0 saturated carbocycles. The van der Waals surface area contributed by atoms with E-state index in [-0.39, 0.29) is 0 Å². The summed E-state index contributed by atoms with van der Waals surface area (Å²) in [5.41, 5.74) is 0. The largest absolute Gasteiger partial charge is 0.338 e. The molecule has 2 rings (SSSR count). The summed E-state index contributed by atoms with van der Waals surface area (Å²) in [5, 5.41) is 3.41. The van der Waals surface area contributed by atoms with Crippen molar-refractivity contribution in [2.75, 3.05) is 13.1 Å². The Kier molecular flexibility index (Phi) is 2.51. The summed E-state index contributed by atoms with van der Waals surface area (Å²) >= 11 is 3.54. The highest BCUT2D eigenvalue weighted by Crippen LogP contribution is 2.22. The molecule has 1 unspecified atom stereocenters. The molecule has 66 valence electrons. The maximum absolute atomic E-state index is 3.54. The van der Waals surface area contributed by atoms with E-state index < -0.39 is 0 Å². The van der Waals surface area contributed by atoms with E-state index in [9.17, 15) is 0 Å². The fraction of sp³-hybridized carbons (Fsp3) is 0.556. The normalized spacial score (nSPS) is 24.2. The first-order chi connectivity index (χ1) is 5.88. The Morgan fingerprint density at radius 2 is 2.50 bits per heavy atom. The van der Waals surface area contributed by atoms with Gasteiger partial charge in [-0.2, -0.15) is 0 Å². The second-order valence-corrected chi connectivity index (χ2v) is 4.05. The second-order valence-electron chi connectivity index (χ2n) is 3.24. The van der Waals surface area contributed by atoms with Crippen molar-refractivity contribution in [3.63, 3.8) is 0 Å². The van der Waals surface area contributed by atoms with Crippen LogP contribution in [-0.2, 0) is 0 Å². The van der Waals surface area contributed by atoms with Gasteiger partial charge in [0.1, 0.15) is 0 Å². The number of aromatic nitrogens is 1. The molecule has 1 aromatic rings. The van der Waals surface area contributed by atoms with Crippen LogP contribution in [0.2, 0.25) is 0 Å². The summed E-state index contributed by atoms with van der Waals surface area (Å²) in [7, 11) is 0. The Hall–Kier alpha value is -0.280. The number of hydrogen-bond acceptors (Lipinski definition) is 1. The van der Waals surface area contributed by atoms with Gasteiger partial charge in [0.05, 0.1) is 4.60 Å². The Bertz CT molecular complexity index is 251. The van der Waals surface area contributed by atoms with E-state index >= 15 is 0 Å². The molecule has 0 radical (unpaired) electrons. The van der Waals surface area contributed by atoms with E-state index in [1.807, 2.05) is 0 Å². The predicted molar refractivity (Wildman–Crippen MR) is 53.3 cm³/mol. The van der Waals surface area contributed by atoms with E-state index in [1.165, 1.54) is 24.0 Å². The van der Waals surface area contributed by atoms with Crippen LogP contribution in [0.15, 0.2) is 22.9 Å². The molecular weight excluding hydrogens is 216 g/mol. The number of rotatable bonds is 1. The second kappa shape index (κ2) is 3.62. The van der Waals surface area contributed by atoms with E-state index in [1.54, 1.807) is 0 Å². The van der Waals surface area contributed by atoms with Crippen molar-refractivity contribution in [2.24, 2.45) is 0 Å². The van der Waals surface area contributed by atoms with Gasteiger partial charge in [0.2, 0.25) is 0 Å². The average molecular weight is 229 g/mol. The molecule has 1 aliphatic heterocycles. The smallest absolute Gasteiger partial charge is 0.0849 e. The minimum absolute atomic E-state index is 0.642.